The lowest BCUT2D eigenvalue weighted by molar-refractivity contribution is -0.605. The van der Waals surface area contributed by atoms with Crippen LogP contribution in [0.1, 0.15) is 26.3 Å². The lowest BCUT2D eigenvalue weighted by Gasteiger charge is -2.32. The number of carbonyl (C=O) groups excluding carboxylic acids is 2. The van der Waals surface area contributed by atoms with E-state index in [0.717, 1.165) is 42.7 Å². The second-order valence-electron chi connectivity index (χ2n) is 7.89. The minimum Gasteiger partial charge on any atom is -0.619 e. The zero-order chi connectivity index (χ0) is 30.9. The maximum Gasteiger partial charge on any atom is 0.434 e. The molecule has 0 aliphatic rings. The van der Waals surface area contributed by atoms with Gasteiger partial charge in [0.05, 0.1) is 22.5 Å². The van der Waals surface area contributed by atoms with Gasteiger partial charge in [0, 0.05) is 22.2 Å². The number of hydrogen-bond acceptors (Lipinski definition) is 4. The van der Waals surface area contributed by atoms with Crippen LogP contribution >= 0.6 is 27.5 Å². The van der Waals surface area contributed by atoms with Gasteiger partial charge < -0.3 is 20.6 Å². The average Bonchev–Trinajstić information content (AvgIpc) is 2.85. The van der Waals surface area contributed by atoms with Crippen molar-refractivity contribution < 1.29 is 58.6 Å². The summed E-state index contributed by atoms with van der Waals surface area (Å²) in [6.45, 7) is -3.81. The molecule has 0 saturated heterocycles. The van der Waals surface area contributed by atoms with E-state index >= 15 is 4.39 Å². The number of anilines is 2. The van der Waals surface area contributed by atoms with Crippen LogP contribution in [-0.4, -0.2) is 30.0 Å². The Labute approximate surface area is 236 Å². The number of nitrogens with one attached hydrogen (secondary N) is 2. The van der Waals surface area contributed by atoms with Gasteiger partial charge >= 0.3 is 23.8 Å². The Balaban J connectivity index is 2.01. The molecule has 3 aromatic rings. The van der Waals surface area contributed by atoms with E-state index in [2.05, 4.69) is 37.6 Å². The maximum atomic E-state index is 15.1. The molecule has 2 aromatic carbocycles. The second kappa shape index (κ2) is 11.6. The van der Waals surface area contributed by atoms with Gasteiger partial charge in [-0.2, -0.15) is 35.5 Å². The first-order valence-corrected chi connectivity index (χ1v) is 11.7. The van der Waals surface area contributed by atoms with Crippen molar-refractivity contribution in [1.29, 1.82) is 0 Å². The van der Waals surface area contributed by atoms with Gasteiger partial charge in [0.15, 0.2) is 24.0 Å². The summed E-state index contributed by atoms with van der Waals surface area (Å²) in [5.41, 5.74) is -9.96. The molecule has 1 unspecified atom stereocenters. The Morgan fingerprint density at radius 3 is 2.12 bits per heavy atom. The van der Waals surface area contributed by atoms with E-state index in [-0.39, 0.29) is 17.7 Å². The number of aromatic nitrogens is 1. The molecule has 3 rings (SSSR count). The van der Waals surface area contributed by atoms with Crippen LogP contribution in [0.15, 0.2) is 59.3 Å². The Bertz CT molecular complexity index is 1450. The summed E-state index contributed by atoms with van der Waals surface area (Å²) >= 11 is 6.97. The van der Waals surface area contributed by atoms with Crippen molar-refractivity contribution in [3.63, 3.8) is 0 Å². The van der Waals surface area contributed by atoms with Crippen LogP contribution in [0.4, 0.5) is 50.9 Å². The lowest BCUT2D eigenvalue weighted by Crippen LogP contribution is -2.49. The Hall–Kier alpha value is -3.73. The Morgan fingerprint density at radius 2 is 1.59 bits per heavy atom. The predicted octanol–water partition coefficient (Wildman–Crippen LogP) is 6.89. The molecule has 1 aromatic heterocycles. The number of carbonyl (C=O) groups is 2. The van der Waals surface area contributed by atoms with Gasteiger partial charge in [-0.3, -0.25) is 9.59 Å². The molecule has 0 fully saturated rings. The summed E-state index contributed by atoms with van der Waals surface area (Å²) in [7, 11) is 0. The highest BCUT2D eigenvalue weighted by Gasteiger charge is 2.72. The van der Waals surface area contributed by atoms with Crippen LogP contribution in [0.2, 0.25) is 0 Å². The first-order valence-electron chi connectivity index (χ1n) is 10.6. The minimum atomic E-state index is -6.35. The van der Waals surface area contributed by atoms with Gasteiger partial charge in [-0.25, -0.2) is 8.78 Å². The van der Waals surface area contributed by atoms with Gasteiger partial charge in [0.1, 0.15) is 0 Å². The Kier molecular flexibility index (Phi) is 9.02. The fourth-order valence-corrected chi connectivity index (χ4v) is 4.08. The van der Waals surface area contributed by atoms with Crippen LogP contribution in [0.5, 0.6) is 5.75 Å². The topological polar surface area (TPSA) is 94.4 Å². The monoisotopic (exact) mass is 679 g/mol. The fraction of sp³-hybridized carbons (Fsp3) is 0.174. The quantitative estimate of drug-likeness (QED) is 0.117. The number of hydrogen-bond donors (Lipinski definition) is 2. The Morgan fingerprint density at radius 1 is 0.976 bits per heavy atom. The van der Waals surface area contributed by atoms with Gasteiger partial charge in [0.2, 0.25) is 0 Å². The first-order chi connectivity index (χ1) is 18.9. The van der Waals surface area contributed by atoms with Crippen molar-refractivity contribution in [3.05, 3.63) is 87.0 Å². The molecule has 2 amide bonds. The minimum absolute atomic E-state index is 0.0746. The molecule has 0 spiro atoms. The molecule has 0 aliphatic carbocycles. The van der Waals surface area contributed by atoms with Crippen molar-refractivity contribution in [2.24, 2.45) is 0 Å². The highest BCUT2D eigenvalue weighted by atomic mass is 79.9. The fourth-order valence-electron chi connectivity index (χ4n) is 3.32. The predicted molar refractivity (Wildman–Crippen MR) is 128 cm³/mol. The first kappa shape index (κ1) is 31.8. The number of rotatable bonds is 8. The van der Waals surface area contributed by atoms with E-state index in [1.54, 1.807) is 0 Å². The average molecular weight is 681 g/mol. The van der Waals surface area contributed by atoms with E-state index in [1.807, 2.05) is 5.32 Å². The summed E-state index contributed by atoms with van der Waals surface area (Å²) in [6, 6.07) is 5.08. The summed E-state index contributed by atoms with van der Waals surface area (Å²) in [5.74, 6) is -5.12. The third-order valence-electron chi connectivity index (χ3n) is 5.24. The molecule has 0 aliphatic heterocycles. The van der Waals surface area contributed by atoms with E-state index in [4.69, 9.17) is 0 Å². The number of ether oxygens (including phenoxy) is 1. The molecular formula is C23H12BrClF9N3O4. The summed E-state index contributed by atoms with van der Waals surface area (Å²) < 4.78 is 127. The van der Waals surface area contributed by atoms with Crippen LogP contribution < -0.4 is 20.1 Å². The standard InChI is InChI=1S/C23H12BrClF9N3O4/c24-13-8-11(21(29,22(25,30)31)23(32,33)34)9-15(41-20(27)28)17(13)36-19(39)12-2-1-3-14(16(12)26)35-18(38)10-4-6-37(40)7-5-10/h1-9,20H,(H,35,38)(H,36,39). The van der Waals surface area contributed by atoms with Crippen molar-refractivity contribution in [2.75, 3.05) is 10.6 Å². The molecule has 1 atom stereocenters. The molecular weight excluding hydrogens is 669 g/mol. The number of pyridine rings is 1. The third-order valence-corrected chi connectivity index (χ3v) is 6.13. The number of nitrogens with zero attached hydrogens (tertiary/aromatic N) is 1. The molecule has 18 heteroatoms. The van der Waals surface area contributed by atoms with Crippen LogP contribution in [0, 0.1) is 11.0 Å². The molecule has 0 saturated carbocycles. The number of amides is 2. The SMILES string of the molecule is O=C(Nc1cccc(C(=O)Nc2c(Br)cc(C(F)(C(F)(F)F)C(F)(F)Cl)cc2OC(F)F)c1F)c1cc[n+]([O-])cc1. The van der Waals surface area contributed by atoms with Crippen LogP contribution in [0.3, 0.4) is 0 Å². The van der Waals surface area contributed by atoms with Crippen LogP contribution in [0.25, 0.3) is 0 Å². The van der Waals surface area contributed by atoms with Gasteiger partial charge in [0.25, 0.3) is 11.8 Å². The summed E-state index contributed by atoms with van der Waals surface area (Å²) in [4.78, 5) is 25.1. The van der Waals surface area contributed by atoms with Gasteiger partial charge in [-0.05, 0) is 51.8 Å². The van der Waals surface area contributed by atoms with Crippen molar-refractivity contribution in [1.82, 2.24) is 0 Å². The number of alkyl halides is 9. The summed E-state index contributed by atoms with van der Waals surface area (Å²) in [5, 5.41) is 9.48. The molecule has 2 N–H and O–H groups in total. The van der Waals surface area contributed by atoms with E-state index in [1.165, 1.54) is 0 Å². The highest BCUT2D eigenvalue weighted by molar-refractivity contribution is 9.10. The van der Waals surface area contributed by atoms with Crippen molar-refractivity contribution in [3.8, 4) is 5.75 Å². The van der Waals surface area contributed by atoms with E-state index in [0.29, 0.717) is 4.73 Å². The largest absolute Gasteiger partial charge is 0.619 e. The molecule has 0 bridgehead atoms. The number of halogens is 11. The zero-order valence-corrected chi connectivity index (χ0v) is 21.9. The van der Waals surface area contributed by atoms with E-state index in [9.17, 15) is 49.9 Å². The maximum absolute atomic E-state index is 15.1. The number of benzene rings is 2. The zero-order valence-electron chi connectivity index (χ0n) is 19.5. The van der Waals surface area contributed by atoms with Crippen molar-refractivity contribution >= 4 is 50.7 Å². The molecule has 41 heavy (non-hydrogen) atoms. The highest BCUT2D eigenvalue weighted by Crippen LogP contribution is 2.56. The molecule has 7 nitrogen and oxygen atoms in total. The van der Waals surface area contributed by atoms with Gasteiger partial charge in [-0.15, -0.1) is 0 Å². The van der Waals surface area contributed by atoms with Gasteiger partial charge in [-0.1, -0.05) is 6.07 Å². The smallest absolute Gasteiger partial charge is 0.434 e. The molecule has 0 radical (unpaired) electrons. The van der Waals surface area contributed by atoms with E-state index < -0.39 is 74.2 Å². The second-order valence-corrected chi connectivity index (χ2v) is 9.21. The van der Waals surface area contributed by atoms with Crippen LogP contribution in [-0.2, 0) is 5.67 Å². The lowest BCUT2D eigenvalue weighted by atomic mass is 9.94. The third kappa shape index (κ3) is 6.61. The molecule has 220 valence electrons. The molecule has 1 heterocycles. The summed E-state index contributed by atoms with van der Waals surface area (Å²) in [6.07, 6.45) is -4.39. The van der Waals surface area contributed by atoms with Crippen molar-refractivity contribution in [2.45, 2.75) is 23.8 Å². The normalized spacial score (nSPS) is 13.5.